The number of nitriles is 1. The van der Waals surface area contributed by atoms with Gasteiger partial charge in [-0.25, -0.2) is 4.90 Å². The van der Waals surface area contributed by atoms with Crippen molar-refractivity contribution in [3.05, 3.63) is 40.4 Å². The first kappa shape index (κ1) is 12.5. The van der Waals surface area contributed by atoms with Gasteiger partial charge in [0.25, 0.3) is 5.91 Å². The number of hydrogen-bond donors (Lipinski definition) is 0. The molecule has 82 valence electrons. The summed E-state index contributed by atoms with van der Waals surface area (Å²) in [6.45, 7) is 1.84. The number of hydrogen-bond acceptors (Lipinski definition) is 2. The zero-order valence-corrected chi connectivity index (χ0v) is 10.7. The normalized spacial score (nSPS) is 10.8. The first-order chi connectivity index (χ1) is 7.54. The summed E-state index contributed by atoms with van der Waals surface area (Å²) in [7, 11) is 1.44. The monoisotopic (exact) mass is 278 g/mol. The SMILES string of the molecule is CC(=CC(=O)N(C)C#N)c1cccc(Br)c1. The molecule has 0 aliphatic carbocycles. The van der Waals surface area contributed by atoms with Crippen LogP contribution in [0.4, 0.5) is 0 Å². The van der Waals surface area contributed by atoms with Crippen molar-refractivity contribution in [2.24, 2.45) is 0 Å². The number of benzene rings is 1. The van der Waals surface area contributed by atoms with Gasteiger partial charge in [-0.05, 0) is 30.2 Å². The van der Waals surface area contributed by atoms with Gasteiger partial charge in [0.05, 0.1) is 0 Å². The van der Waals surface area contributed by atoms with Gasteiger partial charge < -0.3 is 0 Å². The van der Waals surface area contributed by atoms with Crippen molar-refractivity contribution in [1.29, 1.82) is 5.26 Å². The number of carbonyl (C=O) groups is 1. The summed E-state index contributed by atoms with van der Waals surface area (Å²) in [6.07, 6.45) is 3.21. The maximum atomic E-state index is 11.5. The van der Waals surface area contributed by atoms with Gasteiger partial charge >= 0.3 is 0 Å². The second-order valence-corrected chi connectivity index (χ2v) is 4.25. The molecular formula is C12H11BrN2O. The minimum Gasteiger partial charge on any atom is -0.269 e. The Labute approximate surface area is 103 Å². The molecule has 0 fully saturated rings. The van der Waals surface area contributed by atoms with Crippen LogP contribution in [0.5, 0.6) is 0 Å². The van der Waals surface area contributed by atoms with Gasteiger partial charge in [-0.15, -0.1) is 0 Å². The van der Waals surface area contributed by atoms with Crippen molar-refractivity contribution in [1.82, 2.24) is 4.90 Å². The minimum absolute atomic E-state index is 0.319. The second-order valence-electron chi connectivity index (χ2n) is 3.33. The quantitative estimate of drug-likeness (QED) is 0.474. The van der Waals surface area contributed by atoms with Crippen LogP contribution in [-0.4, -0.2) is 17.9 Å². The van der Waals surface area contributed by atoms with Crippen molar-refractivity contribution < 1.29 is 4.79 Å². The summed E-state index contributed by atoms with van der Waals surface area (Å²) in [4.78, 5) is 12.4. The van der Waals surface area contributed by atoms with Gasteiger partial charge in [-0.3, -0.25) is 4.79 Å². The van der Waals surface area contributed by atoms with E-state index in [2.05, 4.69) is 15.9 Å². The third kappa shape index (κ3) is 3.21. The number of carbonyl (C=O) groups excluding carboxylic acids is 1. The van der Waals surface area contributed by atoms with Crippen molar-refractivity contribution >= 4 is 27.4 Å². The lowest BCUT2D eigenvalue weighted by Gasteiger charge is -2.05. The van der Waals surface area contributed by atoms with Crippen LogP contribution in [0.15, 0.2) is 34.8 Å². The minimum atomic E-state index is -0.319. The molecule has 0 unspecified atom stereocenters. The van der Waals surface area contributed by atoms with E-state index >= 15 is 0 Å². The number of likely N-dealkylation sites (N-methyl/N-ethyl adjacent to an activating group) is 1. The molecule has 3 nitrogen and oxygen atoms in total. The largest absolute Gasteiger partial charge is 0.269 e. The lowest BCUT2D eigenvalue weighted by molar-refractivity contribution is -0.122. The van der Waals surface area contributed by atoms with Crippen LogP contribution >= 0.6 is 15.9 Å². The predicted octanol–water partition coefficient (Wildman–Crippen LogP) is 2.79. The number of nitrogens with zero attached hydrogens (tertiary/aromatic N) is 2. The Morgan fingerprint density at radius 3 is 2.81 bits per heavy atom. The summed E-state index contributed by atoms with van der Waals surface area (Å²) < 4.78 is 0.957. The van der Waals surface area contributed by atoms with E-state index in [0.717, 1.165) is 20.5 Å². The fourth-order valence-corrected chi connectivity index (χ4v) is 1.55. The van der Waals surface area contributed by atoms with Gasteiger partial charge in [0.15, 0.2) is 6.19 Å². The Kier molecular flexibility index (Phi) is 4.27. The zero-order valence-electron chi connectivity index (χ0n) is 9.07. The van der Waals surface area contributed by atoms with Gasteiger partial charge in [0.1, 0.15) is 0 Å². The number of rotatable bonds is 2. The molecule has 0 N–H and O–H groups in total. The number of amides is 1. The van der Waals surface area contributed by atoms with Crippen molar-refractivity contribution in [3.8, 4) is 6.19 Å². The molecule has 0 spiro atoms. The fourth-order valence-electron chi connectivity index (χ4n) is 1.15. The van der Waals surface area contributed by atoms with E-state index in [9.17, 15) is 4.79 Å². The Morgan fingerprint density at radius 1 is 1.56 bits per heavy atom. The van der Waals surface area contributed by atoms with Crippen LogP contribution in [0.2, 0.25) is 0 Å². The smallest absolute Gasteiger partial charge is 0.259 e. The van der Waals surface area contributed by atoms with Crippen molar-refractivity contribution in [3.63, 3.8) is 0 Å². The molecule has 1 amide bonds. The van der Waals surface area contributed by atoms with Crippen LogP contribution in [0.25, 0.3) is 5.57 Å². The first-order valence-electron chi connectivity index (χ1n) is 4.66. The highest BCUT2D eigenvalue weighted by atomic mass is 79.9. The Hall–Kier alpha value is -1.60. The highest BCUT2D eigenvalue weighted by Gasteiger charge is 2.05. The third-order valence-corrected chi connectivity index (χ3v) is 2.59. The van der Waals surface area contributed by atoms with Crippen LogP contribution in [-0.2, 0) is 4.79 Å². The highest BCUT2D eigenvalue weighted by Crippen LogP contribution is 2.18. The van der Waals surface area contributed by atoms with E-state index in [1.807, 2.05) is 31.2 Å². The summed E-state index contributed by atoms with van der Waals surface area (Å²) in [5.74, 6) is -0.319. The summed E-state index contributed by atoms with van der Waals surface area (Å²) in [6, 6.07) is 7.65. The van der Waals surface area contributed by atoms with E-state index in [-0.39, 0.29) is 5.91 Å². The standard InChI is InChI=1S/C12H11BrN2O/c1-9(6-12(16)15(2)8-14)10-4-3-5-11(13)7-10/h3-7H,1-2H3. The lowest BCUT2D eigenvalue weighted by atomic mass is 10.1. The molecule has 0 aromatic heterocycles. The van der Waals surface area contributed by atoms with Gasteiger partial charge in [0.2, 0.25) is 0 Å². The summed E-state index contributed by atoms with van der Waals surface area (Å²) in [5, 5.41) is 8.55. The number of halogens is 1. The van der Waals surface area contributed by atoms with Crippen LogP contribution < -0.4 is 0 Å². The third-order valence-electron chi connectivity index (χ3n) is 2.10. The molecule has 1 aromatic carbocycles. The zero-order chi connectivity index (χ0) is 12.1. The fraction of sp³-hybridized carbons (Fsp3) is 0.167. The first-order valence-corrected chi connectivity index (χ1v) is 5.45. The second kappa shape index (κ2) is 5.47. The lowest BCUT2D eigenvalue weighted by Crippen LogP contribution is -2.18. The molecule has 0 saturated carbocycles. The maximum Gasteiger partial charge on any atom is 0.259 e. The predicted molar refractivity (Wildman–Crippen MR) is 66.2 cm³/mol. The Balaban J connectivity index is 2.95. The molecule has 1 aromatic rings. The van der Waals surface area contributed by atoms with Gasteiger partial charge in [-0.2, -0.15) is 5.26 Å². The molecule has 0 aliphatic heterocycles. The van der Waals surface area contributed by atoms with E-state index < -0.39 is 0 Å². The summed E-state index contributed by atoms with van der Waals surface area (Å²) in [5.41, 5.74) is 1.78. The van der Waals surface area contributed by atoms with Crippen LogP contribution in [0.1, 0.15) is 12.5 Å². The van der Waals surface area contributed by atoms with Gasteiger partial charge in [0, 0.05) is 17.6 Å². The molecule has 16 heavy (non-hydrogen) atoms. The Morgan fingerprint density at radius 2 is 2.25 bits per heavy atom. The topological polar surface area (TPSA) is 44.1 Å². The molecule has 0 radical (unpaired) electrons. The van der Waals surface area contributed by atoms with Crippen LogP contribution in [0.3, 0.4) is 0 Å². The molecule has 4 heteroatoms. The van der Waals surface area contributed by atoms with Crippen LogP contribution in [0, 0.1) is 11.5 Å². The van der Waals surface area contributed by atoms with E-state index in [0.29, 0.717) is 0 Å². The number of allylic oxidation sites excluding steroid dienone is 1. The summed E-state index contributed by atoms with van der Waals surface area (Å²) >= 11 is 3.36. The van der Waals surface area contributed by atoms with Gasteiger partial charge in [-0.1, -0.05) is 28.1 Å². The average molecular weight is 279 g/mol. The van der Waals surface area contributed by atoms with E-state index in [1.54, 1.807) is 6.19 Å². The molecule has 0 aliphatic rings. The van der Waals surface area contributed by atoms with E-state index in [1.165, 1.54) is 13.1 Å². The molecule has 0 saturated heterocycles. The molecular weight excluding hydrogens is 268 g/mol. The highest BCUT2D eigenvalue weighted by molar-refractivity contribution is 9.10. The molecule has 0 heterocycles. The molecule has 0 bridgehead atoms. The molecule has 0 atom stereocenters. The maximum absolute atomic E-state index is 11.5. The Bertz CT molecular complexity index is 474. The average Bonchev–Trinajstić information content (AvgIpc) is 2.27. The molecule has 1 rings (SSSR count). The van der Waals surface area contributed by atoms with Crippen molar-refractivity contribution in [2.45, 2.75) is 6.92 Å². The van der Waals surface area contributed by atoms with Crippen molar-refractivity contribution in [2.75, 3.05) is 7.05 Å². The van der Waals surface area contributed by atoms with E-state index in [4.69, 9.17) is 5.26 Å².